The van der Waals surface area contributed by atoms with Crippen LogP contribution in [-0.2, 0) is 7.05 Å². The first kappa shape index (κ1) is 16.3. The molecule has 7 heteroatoms. The Morgan fingerprint density at radius 1 is 1.38 bits per heavy atom. The summed E-state index contributed by atoms with van der Waals surface area (Å²) in [7, 11) is 3.52. The van der Waals surface area contributed by atoms with E-state index >= 15 is 0 Å². The van der Waals surface area contributed by atoms with E-state index in [0.717, 1.165) is 36.5 Å². The van der Waals surface area contributed by atoms with Crippen molar-refractivity contribution < 1.29 is 9.53 Å². The molecule has 1 aliphatic heterocycles. The summed E-state index contributed by atoms with van der Waals surface area (Å²) in [5.74, 6) is 1.56. The van der Waals surface area contributed by atoms with Crippen molar-refractivity contribution in [2.45, 2.75) is 31.8 Å². The lowest BCUT2D eigenvalue weighted by molar-refractivity contribution is 0.189. The summed E-state index contributed by atoms with van der Waals surface area (Å²) in [6.45, 7) is 2.68. The molecule has 2 atom stereocenters. The van der Waals surface area contributed by atoms with Gasteiger partial charge in [0.2, 0.25) is 0 Å². The molecule has 0 spiro atoms. The third-order valence-electron chi connectivity index (χ3n) is 4.49. The highest BCUT2D eigenvalue weighted by Gasteiger charge is 2.31. The summed E-state index contributed by atoms with van der Waals surface area (Å²) in [6.07, 6.45) is 3.61. The summed E-state index contributed by atoms with van der Waals surface area (Å²) in [4.78, 5) is 14.6. The lowest BCUT2D eigenvalue weighted by atomic mass is 10.0. The molecule has 0 bridgehead atoms. The Labute approximate surface area is 141 Å². The van der Waals surface area contributed by atoms with Crippen molar-refractivity contribution in [1.29, 1.82) is 0 Å². The molecule has 0 saturated carbocycles. The van der Waals surface area contributed by atoms with Crippen molar-refractivity contribution >= 4 is 6.03 Å². The van der Waals surface area contributed by atoms with E-state index in [0.29, 0.717) is 0 Å². The number of methoxy groups -OCH3 is 1. The minimum Gasteiger partial charge on any atom is -0.497 e. The van der Waals surface area contributed by atoms with Gasteiger partial charge in [0.25, 0.3) is 0 Å². The molecule has 2 aromatic rings. The second-order valence-electron chi connectivity index (χ2n) is 6.10. The van der Waals surface area contributed by atoms with Gasteiger partial charge in [0.15, 0.2) is 5.82 Å². The molecule has 24 heavy (non-hydrogen) atoms. The van der Waals surface area contributed by atoms with Gasteiger partial charge >= 0.3 is 6.03 Å². The number of hydrogen-bond donors (Lipinski definition) is 1. The number of benzene rings is 1. The Morgan fingerprint density at radius 3 is 2.75 bits per heavy atom. The highest BCUT2D eigenvalue weighted by Crippen LogP contribution is 2.33. The van der Waals surface area contributed by atoms with Crippen molar-refractivity contribution in [3.8, 4) is 5.75 Å². The lowest BCUT2D eigenvalue weighted by Gasteiger charge is -2.27. The fourth-order valence-corrected chi connectivity index (χ4v) is 3.20. The number of aryl methyl sites for hydroxylation is 1. The minimum atomic E-state index is -0.192. The smallest absolute Gasteiger partial charge is 0.318 e. The topological polar surface area (TPSA) is 72.3 Å². The molecule has 0 radical (unpaired) electrons. The first-order chi connectivity index (χ1) is 11.6. The second-order valence-corrected chi connectivity index (χ2v) is 6.10. The number of aromatic nitrogens is 3. The van der Waals surface area contributed by atoms with Gasteiger partial charge in [-0.25, -0.2) is 4.79 Å². The maximum Gasteiger partial charge on any atom is 0.318 e. The zero-order chi connectivity index (χ0) is 17.1. The Balaban J connectivity index is 1.70. The van der Waals surface area contributed by atoms with Gasteiger partial charge in [-0.05, 0) is 37.5 Å². The highest BCUT2D eigenvalue weighted by atomic mass is 16.5. The zero-order valence-corrected chi connectivity index (χ0v) is 14.3. The number of carbonyl (C=O) groups is 1. The fourth-order valence-electron chi connectivity index (χ4n) is 3.20. The van der Waals surface area contributed by atoms with Gasteiger partial charge in [-0.1, -0.05) is 12.1 Å². The number of nitrogens with one attached hydrogen (secondary N) is 1. The van der Waals surface area contributed by atoms with Crippen LogP contribution >= 0.6 is 0 Å². The largest absolute Gasteiger partial charge is 0.497 e. The van der Waals surface area contributed by atoms with Crippen LogP contribution in [-0.4, -0.2) is 39.4 Å². The molecule has 1 fully saturated rings. The summed E-state index contributed by atoms with van der Waals surface area (Å²) >= 11 is 0. The zero-order valence-electron chi connectivity index (χ0n) is 14.3. The van der Waals surface area contributed by atoms with Crippen LogP contribution in [0.15, 0.2) is 30.6 Å². The van der Waals surface area contributed by atoms with Crippen LogP contribution < -0.4 is 10.1 Å². The van der Waals surface area contributed by atoms with Gasteiger partial charge in [-0.2, -0.15) is 0 Å². The van der Waals surface area contributed by atoms with E-state index < -0.39 is 0 Å². The van der Waals surface area contributed by atoms with Gasteiger partial charge in [0.1, 0.15) is 12.1 Å². The molecule has 2 amide bonds. The van der Waals surface area contributed by atoms with Crippen LogP contribution in [0.5, 0.6) is 5.75 Å². The summed E-state index contributed by atoms with van der Waals surface area (Å²) in [5.41, 5.74) is 1.13. The van der Waals surface area contributed by atoms with E-state index in [9.17, 15) is 4.79 Å². The maximum absolute atomic E-state index is 12.7. The molecule has 1 aromatic heterocycles. The SMILES string of the molecule is COc1ccc(C2CCCN2C(=O)NC(C)c2nncn2C)cc1. The second kappa shape index (κ2) is 6.90. The molecule has 1 N–H and O–H groups in total. The third kappa shape index (κ3) is 3.20. The number of likely N-dealkylation sites (tertiary alicyclic amines) is 1. The van der Waals surface area contributed by atoms with Gasteiger partial charge < -0.3 is 19.5 Å². The van der Waals surface area contributed by atoms with E-state index in [1.807, 2.05) is 47.7 Å². The molecule has 2 unspecified atom stereocenters. The van der Waals surface area contributed by atoms with Crippen molar-refractivity contribution in [2.75, 3.05) is 13.7 Å². The first-order valence-electron chi connectivity index (χ1n) is 8.15. The monoisotopic (exact) mass is 329 g/mol. The lowest BCUT2D eigenvalue weighted by Crippen LogP contribution is -2.41. The van der Waals surface area contributed by atoms with Crippen LogP contribution in [0.2, 0.25) is 0 Å². The number of nitrogens with zero attached hydrogens (tertiary/aromatic N) is 4. The van der Waals surface area contributed by atoms with Crippen molar-refractivity contribution in [1.82, 2.24) is 25.0 Å². The fraction of sp³-hybridized carbons (Fsp3) is 0.471. The minimum absolute atomic E-state index is 0.0659. The average molecular weight is 329 g/mol. The molecule has 2 heterocycles. The van der Waals surface area contributed by atoms with Gasteiger partial charge in [-0.15, -0.1) is 10.2 Å². The number of urea groups is 1. The summed E-state index contributed by atoms with van der Waals surface area (Å²) in [5, 5.41) is 10.9. The number of carbonyl (C=O) groups excluding carboxylic acids is 1. The first-order valence-corrected chi connectivity index (χ1v) is 8.15. The number of amides is 2. The summed E-state index contributed by atoms with van der Waals surface area (Å²) in [6, 6.07) is 7.77. The van der Waals surface area contributed by atoms with E-state index in [1.54, 1.807) is 13.4 Å². The molecule has 7 nitrogen and oxygen atoms in total. The molecule has 1 aromatic carbocycles. The van der Waals surface area contributed by atoms with Crippen LogP contribution in [0, 0.1) is 0 Å². The van der Waals surface area contributed by atoms with Crippen molar-refractivity contribution in [3.05, 3.63) is 42.0 Å². The number of hydrogen-bond acceptors (Lipinski definition) is 4. The molecule has 1 saturated heterocycles. The standard InChI is InChI=1S/C17H23N5O2/c1-12(16-20-18-11-21(16)2)19-17(23)22-10-4-5-15(22)13-6-8-14(24-3)9-7-13/h6-9,11-12,15H,4-5,10H2,1-3H3,(H,19,23). The molecule has 3 rings (SSSR count). The average Bonchev–Trinajstić information content (AvgIpc) is 3.23. The number of rotatable bonds is 4. The predicted molar refractivity (Wildman–Crippen MR) is 89.6 cm³/mol. The van der Waals surface area contributed by atoms with Crippen LogP contribution in [0.3, 0.4) is 0 Å². The Morgan fingerprint density at radius 2 is 2.12 bits per heavy atom. The van der Waals surface area contributed by atoms with Crippen molar-refractivity contribution in [3.63, 3.8) is 0 Å². The van der Waals surface area contributed by atoms with Gasteiger partial charge in [-0.3, -0.25) is 0 Å². The van der Waals surface area contributed by atoms with E-state index in [4.69, 9.17) is 4.74 Å². The molecular formula is C17H23N5O2. The van der Waals surface area contributed by atoms with E-state index in [1.165, 1.54) is 0 Å². The highest BCUT2D eigenvalue weighted by molar-refractivity contribution is 5.75. The quantitative estimate of drug-likeness (QED) is 0.935. The van der Waals surface area contributed by atoms with E-state index in [-0.39, 0.29) is 18.1 Å². The van der Waals surface area contributed by atoms with Gasteiger partial charge in [0.05, 0.1) is 19.2 Å². The Kier molecular flexibility index (Phi) is 4.69. The van der Waals surface area contributed by atoms with Gasteiger partial charge in [0, 0.05) is 13.6 Å². The molecule has 128 valence electrons. The molecule has 1 aliphatic rings. The van der Waals surface area contributed by atoms with Crippen LogP contribution in [0.1, 0.15) is 43.2 Å². The molecule has 0 aliphatic carbocycles. The Hall–Kier alpha value is -2.57. The Bertz CT molecular complexity index is 697. The number of ether oxygens (including phenoxy) is 1. The maximum atomic E-state index is 12.7. The van der Waals surface area contributed by atoms with Crippen LogP contribution in [0.25, 0.3) is 0 Å². The third-order valence-corrected chi connectivity index (χ3v) is 4.49. The van der Waals surface area contributed by atoms with E-state index in [2.05, 4.69) is 15.5 Å². The van der Waals surface area contributed by atoms with Crippen molar-refractivity contribution in [2.24, 2.45) is 7.05 Å². The summed E-state index contributed by atoms with van der Waals surface area (Å²) < 4.78 is 7.02. The predicted octanol–water partition coefficient (Wildman–Crippen LogP) is 2.43. The van der Waals surface area contributed by atoms with Crippen LogP contribution in [0.4, 0.5) is 4.79 Å². The molecular weight excluding hydrogens is 306 g/mol. The normalized spacial score (nSPS) is 18.5.